The maximum Gasteiger partial charge on any atom is 0.307 e. The first kappa shape index (κ1) is 22.9. The Balaban J connectivity index is 1.50. The highest BCUT2D eigenvalue weighted by atomic mass is 16.5. The number of carboxylic acids is 1. The lowest BCUT2D eigenvalue weighted by atomic mass is 10.1. The van der Waals surface area contributed by atoms with Gasteiger partial charge in [-0.25, -0.2) is 0 Å². The van der Waals surface area contributed by atoms with E-state index in [2.05, 4.69) is 22.0 Å². The van der Waals surface area contributed by atoms with Crippen molar-refractivity contribution in [1.29, 1.82) is 0 Å². The third-order valence-electron chi connectivity index (χ3n) is 5.38. The van der Waals surface area contributed by atoms with Crippen LogP contribution in [0.2, 0.25) is 0 Å². The minimum absolute atomic E-state index is 0.204. The average molecular weight is 458 g/mol. The number of allylic oxidation sites excluding steroid dienone is 1. The summed E-state index contributed by atoms with van der Waals surface area (Å²) < 4.78 is 6.08. The van der Waals surface area contributed by atoms with Gasteiger partial charge in [0.05, 0.1) is 17.9 Å². The molecular weight excluding hydrogens is 430 g/mol. The first-order valence-corrected chi connectivity index (χ1v) is 11.2. The molecule has 7 nitrogen and oxygen atoms in total. The quantitative estimate of drug-likeness (QED) is 0.354. The highest BCUT2D eigenvalue weighted by molar-refractivity contribution is 6.05. The fraction of sp³-hybridized carbons (Fsp3) is 0.185. The molecule has 0 aromatic heterocycles. The molecule has 0 fully saturated rings. The SMILES string of the molecule is O=C(O)CC(Oc1ccccc1NC(=O)c1cccc(NC2=CCCCN2)c1)c1ccccc1. The summed E-state index contributed by atoms with van der Waals surface area (Å²) in [5.41, 5.74) is 2.51. The van der Waals surface area contributed by atoms with Crippen molar-refractivity contribution in [2.45, 2.75) is 25.4 Å². The largest absolute Gasteiger partial charge is 0.483 e. The van der Waals surface area contributed by atoms with Crippen LogP contribution in [-0.2, 0) is 4.79 Å². The van der Waals surface area contributed by atoms with Crippen LogP contribution >= 0.6 is 0 Å². The molecule has 1 heterocycles. The lowest BCUT2D eigenvalue weighted by Gasteiger charge is -2.20. The highest BCUT2D eigenvalue weighted by Gasteiger charge is 2.19. The van der Waals surface area contributed by atoms with E-state index in [0.29, 0.717) is 17.0 Å². The number of para-hydroxylation sites is 2. The minimum atomic E-state index is -0.970. The monoisotopic (exact) mass is 457 g/mol. The van der Waals surface area contributed by atoms with Crippen LogP contribution in [0.3, 0.4) is 0 Å². The van der Waals surface area contributed by atoms with Gasteiger partial charge in [-0.05, 0) is 54.8 Å². The topological polar surface area (TPSA) is 99.7 Å². The van der Waals surface area contributed by atoms with Gasteiger partial charge >= 0.3 is 5.97 Å². The third-order valence-corrected chi connectivity index (χ3v) is 5.38. The number of anilines is 2. The van der Waals surface area contributed by atoms with E-state index in [1.165, 1.54) is 0 Å². The molecule has 0 spiro atoms. The van der Waals surface area contributed by atoms with Crippen molar-refractivity contribution in [3.63, 3.8) is 0 Å². The fourth-order valence-electron chi connectivity index (χ4n) is 3.71. The summed E-state index contributed by atoms with van der Waals surface area (Å²) in [5.74, 6) is 0.0757. The zero-order valence-corrected chi connectivity index (χ0v) is 18.7. The normalized spacial score (nSPS) is 13.7. The predicted octanol–water partition coefficient (Wildman–Crippen LogP) is 5.17. The van der Waals surface area contributed by atoms with E-state index in [4.69, 9.17) is 4.74 Å². The van der Waals surface area contributed by atoms with E-state index >= 15 is 0 Å². The number of carbonyl (C=O) groups is 2. The molecule has 3 aromatic carbocycles. The fourth-order valence-corrected chi connectivity index (χ4v) is 3.71. The molecule has 1 amide bonds. The molecule has 1 atom stereocenters. The third kappa shape index (κ3) is 6.16. The molecular formula is C27H27N3O4. The van der Waals surface area contributed by atoms with Crippen LogP contribution in [0.1, 0.15) is 41.3 Å². The van der Waals surface area contributed by atoms with E-state index < -0.39 is 12.1 Å². The average Bonchev–Trinajstić information content (AvgIpc) is 2.86. The smallest absolute Gasteiger partial charge is 0.307 e. The Morgan fingerprint density at radius 1 is 1.00 bits per heavy atom. The molecule has 0 saturated heterocycles. The summed E-state index contributed by atoms with van der Waals surface area (Å²) in [4.78, 5) is 24.5. The maximum absolute atomic E-state index is 13.0. The van der Waals surface area contributed by atoms with Gasteiger partial charge in [-0.3, -0.25) is 9.59 Å². The Bertz CT molecular complexity index is 1180. The van der Waals surface area contributed by atoms with Crippen molar-refractivity contribution in [2.24, 2.45) is 0 Å². The van der Waals surface area contributed by atoms with Crippen molar-refractivity contribution < 1.29 is 19.4 Å². The van der Waals surface area contributed by atoms with Crippen LogP contribution in [-0.4, -0.2) is 23.5 Å². The number of hydrogen-bond acceptors (Lipinski definition) is 5. The van der Waals surface area contributed by atoms with Gasteiger partial charge in [-0.2, -0.15) is 0 Å². The zero-order valence-electron chi connectivity index (χ0n) is 18.7. The number of amides is 1. The summed E-state index contributed by atoms with van der Waals surface area (Å²) in [6.07, 6.45) is 3.32. The Morgan fingerprint density at radius 3 is 2.56 bits per heavy atom. The van der Waals surface area contributed by atoms with Crippen LogP contribution in [0.4, 0.5) is 11.4 Å². The molecule has 0 aliphatic carbocycles. The molecule has 4 N–H and O–H groups in total. The molecule has 34 heavy (non-hydrogen) atoms. The molecule has 174 valence electrons. The Hall–Kier alpha value is -4.26. The number of hydrogen-bond donors (Lipinski definition) is 4. The van der Waals surface area contributed by atoms with E-state index in [1.807, 2.05) is 42.5 Å². The van der Waals surface area contributed by atoms with Crippen molar-refractivity contribution >= 4 is 23.3 Å². The van der Waals surface area contributed by atoms with Crippen molar-refractivity contribution in [3.8, 4) is 5.75 Å². The Labute approximate surface area is 198 Å². The van der Waals surface area contributed by atoms with Gasteiger partial charge in [0.15, 0.2) is 0 Å². The van der Waals surface area contributed by atoms with Gasteiger partial charge in [-0.1, -0.05) is 48.5 Å². The second-order valence-corrected chi connectivity index (χ2v) is 7.96. The number of carbonyl (C=O) groups excluding carboxylic acids is 1. The van der Waals surface area contributed by atoms with Crippen molar-refractivity contribution in [1.82, 2.24) is 5.32 Å². The van der Waals surface area contributed by atoms with Crippen LogP contribution < -0.4 is 20.7 Å². The highest BCUT2D eigenvalue weighted by Crippen LogP contribution is 2.31. The van der Waals surface area contributed by atoms with E-state index in [1.54, 1.807) is 36.4 Å². The molecule has 4 rings (SSSR count). The predicted molar refractivity (Wildman–Crippen MR) is 132 cm³/mol. The summed E-state index contributed by atoms with van der Waals surface area (Å²) in [5, 5.41) is 18.9. The summed E-state index contributed by atoms with van der Waals surface area (Å²) >= 11 is 0. The second-order valence-electron chi connectivity index (χ2n) is 7.96. The zero-order chi connectivity index (χ0) is 23.8. The molecule has 0 radical (unpaired) electrons. The second kappa shape index (κ2) is 11.0. The lowest BCUT2D eigenvalue weighted by molar-refractivity contribution is -0.138. The lowest BCUT2D eigenvalue weighted by Crippen LogP contribution is -2.24. The summed E-state index contributed by atoms with van der Waals surface area (Å²) in [7, 11) is 0. The van der Waals surface area contributed by atoms with Crippen LogP contribution in [0.25, 0.3) is 0 Å². The first-order valence-electron chi connectivity index (χ1n) is 11.2. The van der Waals surface area contributed by atoms with Crippen molar-refractivity contribution in [3.05, 3.63) is 102 Å². The maximum atomic E-state index is 13.0. The van der Waals surface area contributed by atoms with E-state index in [0.717, 1.165) is 36.5 Å². The summed E-state index contributed by atoms with van der Waals surface area (Å²) in [6, 6.07) is 23.4. The summed E-state index contributed by atoms with van der Waals surface area (Å²) in [6.45, 7) is 0.918. The molecule has 0 bridgehead atoms. The van der Waals surface area contributed by atoms with Crippen LogP contribution in [0.5, 0.6) is 5.75 Å². The number of aliphatic carboxylic acids is 1. The Morgan fingerprint density at radius 2 is 1.79 bits per heavy atom. The van der Waals surface area contributed by atoms with Gasteiger partial charge in [0.25, 0.3) is 5.91 Å². The minimum Gasteiger partial charge on any atom is -0.483 e. The van der Waals surface area contributed by atoms with E-state index in [-0.39, 0.29) is 12.3 Å². The Kier molecular flexibility index (Phi) is 7.45. The number of carboxylic acid groups (broad SMARTS) is 1. The number of rotatable bonds is 9. The molecule has 1 unspecified atom stereocenters. The molecule has 7 heteroatoms. The van der Waals surface area contributed by atoms with Gasteiger partial charge in [-0.15, -0.1) is 0 Å². The van der Waals surface area contributed by atoms with Gasteiger partial charge in [0.2, 0.25) is 0 Å². The van der Waals surface area contributed by atoms with Crippen molar-refractivity contribution in [2.75, 3.05) is 17.2 Å². The molecule has 1 aliphatic heterocycles. The standard InChI is InChI=1S/C27H27N3O4/c31-26(32)18-24(19-9-2-1-3-10-19)34-23-14-5-4-13-22(23)30-27(33)20-11-8-12-21(17-20)29-25-15-6-7-16-28-25/h1-5,8-15,17,24,28-29H,6-7,16,18H2,(H,30,33)(H,31,32). The molecule has 3 aromatic rings. The van der Waals surface area contributed by atoms with Crippen LogP contribution in [0, 0.1) is 0 Å². The molecule has 0 saturated carbocycles. The van der Waals surface area contributed by atoms with E-state index in [9.17, 15) is 14.7 Å². The molecule has 1 aliphatic rings. The van der Waals surface area contributed by atoms with Crippen LogP contribution in [0.15, 0.2) is 90.8 Å². The van der Waals surface area contributed by atoms with Gasteiger partial charge in [0.1, 0.15) is 11.9 Å². The number of benzene rings is 3. The number of nitrogens with one attached hydrogen (secondary N) is 3. The number of ether oxygens (including phenoxy) is 1. The van der Waals surface area contributed by atoms with Gasteiger partial charge in [0, 0.05) is 17.8 Å². The first-order chi connectivity index (χ1) is 16.6. The van der Waals surface area contributed by atoms with Gasteiger partial charge < -0.3 is 25.8 Å².